The topological polar surface area (TPSA) is 60.7 Å². The molecule has 0 aliphatic rings. The van der Waals surface area contributed by atoms with Crippen LogP contribution in [-0.4, -0.2) is 21.3 Å². The number of hydrogen-bond donors (Lipinski definition) is 3. The molecular formula is C18H27F3O3. The Hall–Kier alpha value is -1.11. The number of hydrogen-bond acceptors (Lipinski definition) is 3. The van der Waals surface area contributed by atoms with Gasteiger partial charge >= 0.3 is 0 Å². The zero-order valence-electron chi connectivity index (χ0n) is 14.1. The fourth-order valence-electron chi connectivity index (χ4n) is 2.83. The van der Waals surface area contributed by atoms with Crippen molar-refractivity contribution in [2.24, 2.45) is 5.92 Å². The van der Waals surface area contributed by atoms with Gasteiger partial charge in [-0.15, -0.1) is 0 Å². The average molecular weight is 348 g/mol. The molecule has 6 heteroatoms. The van der Waals surface area contributed by atoms with Crippen LogP contribution in [0, 0.1) is 23.4 Å². The van der Waals surface area contributed by atoms with E-state index in [0.717, 1.165) is 32.1 Å². The van der Waals surface area contributed by atoms with Gasteiger partial charge in [0.25, 0.3) is 5.97 Å². The molecule has 0 heterocycles. The largest absolute Gasteiger partial charge is 0.343 e. The van der Waals surface area contributed by atoms with Crippen LogP contribution in [0.4, 0.5) is 13.2 Å². The van der Waals surface area contributed by atoms with E-state index in [0.29, 0.717) is 25.0 Å². The molecular weight excluding hydrogens is 321 g/mol. The van der Waals surface area contributed by atoms with Gasteiger partial charge in [0.1, 0.15) is 17.5 Å². The maximum absolute atomic E-state index is 13.6. The highest BCUT2D eigenvalue weighted by atomic mass is 19.1. The summed E-state index contributed by atoms with van der Waals surface area (Å²) in [5.41, 5.74) is -0.311. The fourth-order valence-corrected chi connectivity index (χ4v) is 2.83. The van der Waals surface area contributed by atoms with Gasteiger partial charge in [-0.25, -0.2) is 13.2 Å². The normalized spacial score (nSPS) is 13.3. The Kier molecular flexibility index (Phi) is 8.73. The molecule has 3 nitrogen and oxygen atoms in total. The van der Waals surface area contributed by atoms with Crippen molar-refractivity contribution >= 4 is 0 Å². The first-order valence-corrected chi connectivity index (χ1v) is 8.56. The van der Waals surface area contributed by atoms with Gasteiger partial charge in [-0.3, -0.25) is 0 Å². The van der Waals surface area contributed by atoms with Crippen molar-refractivity contribution in [3.63, 3.8) is 0 Å². The van der Waals surface area contributed by atoms with E-state index in [1.165, 1.54) is 0 Å². The molecule has 1 aromatic carbocycles. The minimum atomic E-state index is -2.89. The van der Waals surface area contributed by atoms with Crippen LogP contribution in [0.1, 0.15) is 63.9 Å². The van der Waals surface area contributed by atoms with Crippen LogP contribution in [-0.2, 0) is 6.42 Å². The Labute approximate surface area is 141 Å². The summed E-state index contributed by atoms with van der Waals surface area (Å²) in [6.07, 6.45) is 6.16. The smallest absolute Gasteiger partial charge is 0.278 e. The number of unbranched alkanes of at least 4 members (excludes halogenated alkanes) is 5. The van der Waals surface area contributed by atoms with Gasteiger partial charge in [-0.05, 0) is 19.3 Å². The average Bonchev–Trinajstić information content (AvgIpc) is 2.46. The van der Waals surface area contributed by atoms with E-state index in [4.69, 9.17) is 0 Å². The number of aliphatic hydroxyl groups is 3. The van der Waals surface area contributed by atoms with Crippen LogP contribution in [0.2, 0.25) is 0 Å². The van der Waals surface area contributed by atoms with Gasteiger partial charge in [0, 0.05) is 23.6 Å². The summed E-state index contributed by atoms with van der Waals surface area (Å²) in [6, 6.07) is 1.18. The maximum atomic E-state index is 13.6. The summed E-state index contributed by atoms with van der Waals surface area (Å²) >= 11 is 0. The van der Waals surface area contributed by atoms with Crippen LogP contribution in [0.3, 0.4) is 0 Å². The predicted molar refractivity (Wildman–Crippen MR) is 85.5 cm³/mol. The summed E-state index contributed by atoms with van der Waals surface area (Å²) in [5, 5.41) is 28.3. The van der Waals surface area contributed by atoms with Crippen molar-refractivity contribution in [1.82, 2.24) is 0 Å². The predicted octanol–water partition coefficient (Wildman–Crippen LogP) is 4.03. The Morgan fingerprint density at radius 2 is 1.42 bits per heavy atom. The minimum absolute atomic E-state index is 0.0159. The van der Waals surface area contributed by atoms with E-state index in [-0.39, 0.29) is 18.4 Å². The SMILES string of the molecule is CCCCCCCCC(CCc1c(F)cc(F)cc1F)C(O)(O)O. The van der Waals surface area contributed by atoms with Crippen LogP contribution in [0.25, 0.3) is 0 Å². The monoisotopic (exact) mass is 348 g/mol. The molecule has 3 N–H and O–H groups in total. The molecule has 0 fully saturated rings. The highest BCUT2D eigenvalue weighted by Gasteiger charge is 2.31. The molecule has 0 aliphatic heterocycles. The standard InChI is InChI=1S/C18H27F3O3/c1-2-3-4-5-6-7-8-13(18(22,23)24)9-10-15-16(20)11-14(19)12-17(15)21/h11-13,22-24H,2-10H2,1H3. The summed E-state index contributed by atoms with van der Waals surface area (Å²) in [6.45, 7) is 2.11. The van der Waals surface area contributed by atoms with Crippen molar-refractivity contribution in [3.8, 4) is 0 Å². The lowest BCUT2D eigenvalue weighted by atomic mass is 9.91. The van der Waals surface area contributed by atoms with E-state index in [9.17, 15) is 28.5 Å². The van der Waals surface area contributed by atoms with Crippen molar-refractivity contribution in [2.45, 2.75) is 70.7 Å². The lowest BCUT2D eigenvalue weighted by molar-refractivity contribution is -0.343. The molecule has 0 amide bonds. The third-order valence-electron chi connectivity index (χ3n) is 4.30. The molecule has 0 aliphatic carbocycles. The van der Waals surface area contributed by atoms with Crippen LogP contribution in [0.15, 0.2) is 12.1 Å². The van der Waals surface area contributed by atoms with Crippen molar-refractivity contribution < 1.29 is 28.5 Å². The van der Waals surface area contributed by atoms with Gasteiger partial charge < -0.3 is 15.3 Å². The molecule has 1 atom stereocenters. The second-order valence-corrected chi connectivity index (χ2v) is 6.33. The summed E-state index contributed by atoms with van der Waals surface area (Å²) in [7, 11) is 0. The zero-order chi connectivity index (χ0) is 18.2. The highest BCUT2D eigenvalue weighted by molar-refractivity contribution is 5.21. The molecule has 1 rings (SSSR count). The van der Waals surface area contributed by atoms with E-state index in [1.54, 1.807) is 0 Å². The fraction of sp³-hybridized carbons (Fsp3) is 0.667. The van der Waals surface area contributed by atoms with E-state index >= 15 is 0 Å². The highest BCUT2D eigenvalue weighted by Crippen LogP contribution is 2.26. The second-order valence-electron chi connectivity index (χ2n) is 6.33. The molecule has 138 valence electrons. The van der Waals surface area contributed by atoms with E-state index in [1.807, 2.05) is 0 Å². The Balaban J connectivity index is 2.55. The summed E-state index contributed by atoms with van der Waals surface area (Å²) in [4.78, 5) is 0. The Morgan fingerprint density at radius 1 is 0.875 bits per heavy atom. The first-order chi connectivity index (χ1) is 11.3. The zero-order valence-corrected chi connectivity index (χ0v) is 14.1. The third kappa shape index (κ3) is 7.20. The number of halogens is 3. The molecule has 1 aromatic rings. The molecule has 24 heavy (non-hydrogen) atoms. The van der Waals surface area contributed by atoms with Gasteiger partial charge in [-0.2, -0.15) is 0 Å². The van der Waals surface area contributed by atoms with E-state index in [2.05, 4.69) is 6.92 Å². The first kappa shape index (κ1) is 20.9. The quantitative estimate of drug-likeness (QED) is 0.418. The summed E-state index contributed by atoms with van der Waals surface area (Å²) in [5.74, 6) is -6.84. The van der Waals surface area contributed by atoms with Gasteiger partial charge in [-0.1, -0.05) is 45.4 Å². The van der Waals surface area contributed by atoms with Crippen molar-refractivity contribution in [1.29, 1.82) is 0 Å². The lowest BCUT2D eigenvalue weighted by Gasteiger charge is -2.26. The van der Waals surface area contributed by atoms with Crippen LogP contribution >= 0.6 is 0 Å². The van der Waals surface area contributed by atoms with Crippen molar-refractivity contribution in [2.75, 3.05) is 0 Å². The second kappa shape index (κ2) is 10.0. The first-order valence-electron chi connectivity index (χ1n) is 8.56. The molecule has 0 spiro atoms. The molecule has 0 radical (unpaired) electrons. The van der Waals surface area contributed by atoms with E-state index < -0.39 is 29.3 Å². The number of rotatable bonds is 11. The molecule has 0 saturated carbocycles. The molecule has 0 bridgehead atoms. The minimum Gasteiger partial charge on any atom is -0.343 e. The Morgan fingerprint density at radius 3 is 1.96 bits per heavy atom. The van der Waals surface area contributed by atoms with Crippen LogP contribution in [0.5, 0.6) is 0 Å². The van der Waals surface area contributed by atoms with Gasteiger partial charge in [0.05, 0.1) is 0 Å². The van der Waals surface area contributed by atoms with Crippen LogP contribution < -0.4 is 0 Å². The van der Waals surface area contributed by atoms with Crippen molar-refractivity contribution in [3.05, 3.63) is 35.1 Å². The molecule has 0 saturated heterocycles. The van der Waals surface area contributed by atoms with Gasteiger partial charge in [0.15, 0.2) is 0 Å². The summed E-state index contributed by atoms with van der Waals surface area (Å²) < 4.78 is 40.1. The third-order valence-corrected chi connectivity index (χ3v) is 4.30. The maximum Gasteiger partial charge on any atom is 0.278 e. The molecule has 0 aromatic heterocycles. The number of benzene rings is 1. The lowest BCUT2D eigenvalue weighted by Crippen LogP contribution is -2.37. The Bertz CT molecular complexity index is 478. The van der Waals surface area contributed by atoms with Gasteiger partial charge in [0.2, 0.25) is 0 Å². The molecule has 1 unspecified atom stereocenters.